The zero-order chi connectivity index (χ0) is 15.4. The van der Waals surface area contributed by atoms with Gasteiger partial charge in [0.15, 0.2) is 0 Å². The normalized spacial score (nSPS) is 18.4. The van der Waals surface area contributed by atoms with Gasteiger partial charge in [-0.2, -0.15) is 0 Å². The number of likely N-dealkylation sites (tertiary alicyclic amines) is 1. The number of aliphatic hydroxyl groups excluding tert-OH is 1. The molecule has 3 N–H and O–H groups in total. The molecule has 2 rings (SSSR count). The molecule has 1 aliphatic rings. The number of hydrogen-bond acceptors (Lipinski definition) is 5. The summed E-state index contributed by atoms with van der Waals surface area (Å²) < 4.78 is 10.4. The summed E-state index contributed by atoms with van der Waals surface area (Å²) in [6, 6.07) is 3.11. The van der Waals surface area contributed by atoms with E-state index in [1.54, 1.807) is 17.0 Å². The standard InChI is InChI=1S/C15H22N2O4/c1-20-11-7-12(14(16)13(8-11)21-2)15(19)17-6-4-3-5-10(17)9-18/h7-8,10,18H,3-6,9,16H2,1-2H3. The van der Waals surface area contributed by atoms with Gasteiger partial charge in [0.05, 0.1) is 38.1 Å². The molecule has 1 aromatic rings. The molecule has 1 heterocycles. The van der Waals surface area contributed by atoms with Gasteiger partial charge >= 0.3 is 0 Å². The van der Waals surface area contributed by atoms with Crippen LogP contribution < -0.4 is 15.2 Å². The molecule has 1 fully saturated rings. The molecule has 1 unspecified atom stereocenters. The Morgan fingerprint density at radius 1 is 1.38 bits per heavy atom. The molecule has 6 nitrogen and oxygen atoms in total. The molecule has 0 aliphatic carbocycles. The third-order valence-corrected chi connectivity index (χ3v) is 3.90. The lowest BCUT2D eigenvalue weighted by Gasteiger charge is -2.35. The van der Waals surface area contributed by atoms with Crippen molar-refractivity contribution in [2.45, 2.75) is 25.3 Å². The molecule has 0 spiro atoms. The van der Waals surface area contributed by atoms with E-state index >= 15 is 0 Å². The van der Waals surface area contributed by atoms with Crippen molar-refractivity contribution < 1.29 is 19.4 Å². The second-order valence-corrected chi connectivity index (χ2v) is 5.12. The summed E-state index contributed by atoms with van der Waals surface area (Å²) in [4.78, 5) is 14.4. The van der Waals surface area contributed by atoms with E-state index in [9.17, 15) is 9.90 Å². The van der Waals surface area contributed by atoms with Crippen LogP contribution in [-0.4, -0.2) is 49.3 Å². The van der Waals surface area contributed by atoms with Crippen molar-refractivity contribution in [3.05, 3.63) is 17.7 Å². The van der Waals surface area contributed by atoms with Crippen molar-refractivity contribution in [1.82, 2.24) is 4.90 Å². The number of piperidine rings is 1. The van der Waals surface area contributed by atoms with Gasteiger partial charge < -0.3 is 25.2 Å². The first-order chi connectivity index (χ1) is 10.1. The third-order valence-electron chi connectivity index (χ3n) is 3.90. The average Bonchev–Trinajstić information content (AvgIpc) is 2.54. The smallest absolute Gasteiger partial charge is 0.256 e. The molecule has 21 heavy (non-hydrogen) atoms. The largest absolute Gasteiger partial charge is 0.497 e. The van der Waals surface area contributed by atoms with Crippen LogP contribution in [0, 0.1) is 0 Å². The first kappa shape index (κ1) is 15.4. The number of methoxy groups -OCH3 is 2. The van der Waals surface area contributed by atoms with Gasteiger partial charge in [-0.1, -0.05) is 0 Å². The molecule has 0 radical (unpaired) electrons. The number of amides is 1. The molecule has 1 atom stereocenters. The Bertz CT molecular complexity index is 519. The number of hydrogen-bond donors (Lipinski definition) is 2. The minimum atomic E-state index is -0.191. The summed E-state index contributed by atoms with van der Waals surface area (Å²) in [6.07, 6.45) is 2.76. The van der Waals surface area contributed by atoms with Crippen LogP contribution >= 0.6 is 0 Å². The number of rotatable bonds is 4. The highest BCUT2D eigenvalue weighted by Gasteiger charge is 2.29. The summed E-state index contributed by atoms with van der Waals surface area (Å²) in [5.41, 5.74) is 6.67. The maximum atomic E-state index is 12.7. The molecular formula is C15H22N2O4. The Morgan fingerprint density at radius 2 is 2.14 bits per heavy atom. The van der Waals surface area contributed by atoms with Gasteiger partial charge in [0.25, 0.3) is 5.91 Å². The molecule has 116 valence electrons. The number of carbonyl (C=O) groups excluding carboxylic acids is 1. The van der Waals surface area contributed by atoms with Crippen LogP contribution in [0.15, 0.2) is 12.1 Å². The second-order valence-electron chi connectivity index (χ2n) is 5.12. The van der Waals surface area contributed by atoms with E-state index in [1.807, 2.05) is 0 Å². The SMILES string of the molecule is COc1cc(OC)c(N)c(C(=O)N2CCCCC2CO)c1. The number of ether oxygens (including phenoxy) is 2. The quantitative estimate of drug-likeness (QED) is 0.817. The number of nitrogens with two attached hydrogens (primary N) is 1. The molecule has 6 heteroatoms. The van der Waals surface area contributed by atoms with Gasteiger partial charge in [0, 0.05) is 12.6 Å². The average molecular weight is 294 g/mol. The molecule has 0 saturated carbocycles. The summed E-state index contributed by atoms with van der Waals surface area (Å²) in [5, 5.41) is 9.45. The molecule has 1 saturated heterocycles. The van der Waals surface area contributed by atoms with Crippen LogP contribution in [-0.2, 0) is 0 Å². The Balaban J connectivity index is 2.37. The van der Waals surface area contributed by atoms with Crippen LogP contribution in [0.2, 0.25) is 0 Å². The van der Waals surface area contributed by atoms with E-state index in [4.69, 9.17) is 15.2 Å². The van der Waals surface area contributed by atoms with Crippen molar-refractivity contribution in [3.8, 4) is 11.5 Å². The Morgan fingerprint density at radius 3 is 2.76 bits per heavy atom. The number of nitrogen functional groups attached to an aromatic ring is 1. The second kappa shape index (κ2) is 6.67. The summed E-state index contributed by atoms with van der Waals surface area (Å²) in [6.45, 7) is 0.593. The van der Waals surface area contributed by atoms with Gasteiger partial charge in [-0.3, -0.25) is 4.79 Å². The minimum Gasteiger partial charge on any atom is -0.497 e. The highest BCUT2D eigenvalue weighted by Crippen LogP contribution is 2.33. The molecule has 1 amide bonds. The fraction of sp³-hybridized carbons (Fsp3) is 0.533. The van der Waals surface area contributed by atoms with E-state index in [-0.39, 0.29) is 18.6 Å². The van der Waals surface area contributed by atoms with E-state index < -0.39 is 0 Å². The topological polar surface area (TPSA) is 85.0 Å². The zero-order valence-corrected chi connectivity index (χ0v) is 12.5. The van der Waals surface area contributed by atoms with Crippen molar-refractivity contribution in [2.75, 3.05) is 33.1 Å². The molecule has 1 aliphatic heterocycles. The maximum Gasteiger partial charge on any atom is 0.256 e. The first-order valence-electron chi connectivity index (χ1n) is 7.05. The van der Waals surface area contributed by atoms with Gasteiger partial charge in [-0.15, -0.1) is 0 Å². The fourth-order valence-electron chi connectivity index (χ4n) is 2.68. The zero-order valence-electron chi connectivity index (χ0n) is 12.5. The van der Waals surface area contributed by atoms with Gasteiger partial charge in [-0.05, 0) is 25.3 Å². The Kier molecular flexibility index (Phi) is 4.90. The van der Waals surface area contributed by atoms with Crippen molar-refractivity contribution in [3.63, 3.8) is 0 Å². The number of aliphatic hydroxyl groups is 1. The number of anilines is 1. The van der Waals surface area contributed by atoms with E-state index in [0.29, 0.717) is 29.3 Å². The highest BCUT2D eigenvalue weighted by atomic mass is 16.5. The Labute approximate surface area is 124 Å². The summed E-state index contributed by atoms with van der Waals surface area (Å²) in [7, 11) is 3.02. The highest BCUT2D eigenvalue weighted by molar-refractivity contribution is 6.01. The lowest BCUT2D eigenvalue weighted by Crippen LogP contribution is -2.45. The maximum absolute atomic E-state index is 12.7. The lowest BCUT2D eigenvalue weighted by atomic mass is 10.0. The van der Waals surface area contributed by atoms with Crippen LogP contribution in [0.4, 0.5) is 5.69 Å². The van der Waals surface area contributed by atoms with Crippen molar-refractivity contribution in [1.29, 1.82) is 0 Å². The molecule has 0 aromatic heterocycles. The van der Waals surface area contributed by atoms with E-state index in [0.717, 1.165) is 19.3 Å². The summed E-state index contributed by atoms with van der Waals surface area (Å²) >= 11 is 0. The predicted octanol–water partition coefficient (Wildman–Crippen LogP) is 1.27. The van der Waals surface area contributed by atoms with Crippen molar-refractivity contribution >= 4 is 11.6 Å². The van der Waals surface area contributed by atoms with Crippen LogP contribution in [0.25, 0.3) is 0 Å². The minimum absolute atomic E-state index is 0.0350. The van der Waals surface area contributed by atoms with E-state index in [2.05, 4.69) is 0 Å². The first-order valence-corrected chi connectivity index (χ1v) is 7.05. The third kappa shape index (κ3) is 3.05. The van der Waals surface area contributed by atoms with Crippen LogP contribution in [0.3, 0.4) is 0 Å². The molecule has 0 bridgehead atoms. The van der Waals surface area contributed by atoms with Crippen molar-refractivity contribution in [2.24, 2.45) is 0 Å². The number of benzene rings is 1. The fourth-order valence-corrected chi connectivity index (χ4v) is 2.68. The van der Waals surface area contributed by atoms with Gasteiger partial charge in [0.1, 0.15) is 11.5 Å². The monoisotopic (exact) mass is 294 g/mol. The number of nitrogens with zero attached hydrogens (tertiary/aromatic N) is 1. The van der Waals surface area contributed by atoms with Gasteiger partial charge in [0.2, 0.25) is 0 Å². The lowest BCUT2D eigenvalue weighted by molar-refractivity contribution is 0.0503. The van der Waals surface area contributed by atoms with Crippen LogP contribution in [0.1, 0.15) is 29.6 Å². The predicted molar refractivity (Wildman–Crippen MR) is 79.7 cm³/mol. The molecule has 1 aromatic carbocycles. The van der Waals surface area contributed by atoms with Gasteiger partial charge in [-0.25, -0.2) is 0 Å². The van der Waals surface area contributed by atoms with Crippen LogP contribution in [0.5, 0.6) is 11.5 Å². The van der Waals surface area contributed by atoms with E-state index in [1.165, 1.54) is 14.2 Å². The number of carbonyl (C=O) groups is 1. The Hall–Kier alpha value is -1.95. The molecular weight excluding hydrogens is 272 g/mol. The summed E-state index contributed by atoms with van der Waals surface area (Å²) in [5.74, 6) is 0.737.